The number of hydrogen-bond acceptors (Lipinski definition) is 0. The van der Waals surface area contributed by atoms with Crippen molar-refractivity contribution in [2.75, 3.05) is 0 Å². The summed E-state index contributed by atoms with van der Waals surface area (Å²) in [7, 11) is 0. The Hall–Kier alpha value is 0. The Morgan fingerprint density at radius 1 is 1.00 bits per heavy atom. The summed E-state index contributed by atoms with van der Waals surface area (Å²) in [5, 5.41) is 0. The summed E-state index contributed by atoms with van der Waals surface area (Å²) in [6.07, 6.45) is 16.2. The Labute approximate surface area is 116 Å². The van der Waals surface area contributed by atoms with Gasteiger partial charge < -0.3 is 0 Å². The van der Waals surface area contributed by atoms with Gasteiger partial charge >= 0.3 is 0 Å². The highest BCUT2D eigenvalue weighted by Crippen LogP contribution is 2.45. The van der Waals surface area contributed by atoms with Crippen LogP contribution in [0.15, 0.2) is 0 Å². The van der Waals surface area contributed by atoms with Gasteiger partial charge in [0.2, 0.25) is 0 Å². The maximum atomic E-state index is 2.47. The lowest BCUT2D eigenvalue weighted by atomic mass is 9.65. The van der Waals surface area contributed by atoms with Crippen molar-refractivity contribution in [3.05, 3.63) is 0 Å². The fourth-order valence-electron chi connectivity index (χ4n) is 4.03. The number of unbranched alkanes of at least 4 members (excludes halogenated alkanes) is 1. The second kappa shape index (κ2) is 8.23. The molecule has 0 spiro atoms. The molecule has 0 aromatic heterocycles. The third kappa shape index (κ3) is 4.59. The highest BCUT2D eigenvalue weighted by molar-refractivity contribution is 4.84. The lowest BCUT2D eigenvalue weighted by Crippen LogP contribution is -2.29. The molecule has 0 bridgehead atoms. The van der Waals surface area contributed by atoms with Crippen LogP contribution in [0.3, 0.4) is 0 Å². The Morgan fingerprint density at radius 3 is 2.06 bits per heavy atom. The van der Waals surface area contributed by atoms with Crippen molar-refractivity contribution in [3.8, 4) is 0 Å². The SMILES string of the molecule is CCCCC(CC)(CC1CCCCCC1)C(C)C. The molecule has 1 saturated carbocycles. The van der Waals surface area contributed by atoms with Crippen molar-refractivity contribution in [2.24, 2.45) is 17.3 Å². The summed E-state index contributed by atoms with van der Waals surface area (Å²) in [6, 6.07) is 0. The van der Waals surface area contributed by atoms with Crippen LogP contribution in [0.1, 0.15) is 98.3 Å². The van der Waals surface area contributed by atoms with Gasteiger partial charge in [-0.25, -0.2) is 0 Å². The van der Waals surface area contributed by atoms with Gasteiger partial charge in [-0.05, 0) is 30.1 Å². The second-order valence-corrected chi connectivity index (χ2v) is 7.04. The normalized spacial score (nSPS) is 21.8. The summed E-state index contributed by atoms with van der Waals surface area (Å²) >= 11 is 0. The molecule has 1 aliphatic carbocycles. The van der Waals surface area contributed by atoms with E-state index < -0.39 is 0 Å². The van der Waals surface area contributed by atoms with Gasteiger partial charge in [0.05, 0.1) is 0 Å². The molecule has 1 rings (SSSR count). The molecule has 0 heteroatoms. The first kappa shape index (κ1) is 16.1. The van der Waals surface area contributed by atoms with E-state index in [2.05, 4.69) is 27.7 Å². The smallest absolute Gasteiger partial charge is 0.0274 e. The predicted octanol–water partition coefficient (Wildman–Crippen LogP) is 6.59. The lowest BCUT2D eigenvalue weighted by Gasteiger charge is -2.40. The predicted molar refractivity (Wildman–Crippen MR) is 82.9 cm³/mol. The summed E-state index contributed by atoms with van der Waals surface area (Å²) in [5.74, 6) is 1.89. The minimum absolute atomic E-state index is 0.644. The Kier molecular flexibility index (Phi) is 7.34. The van der Waals surface area contributed by atoms with E-state index in [9.17, 15) is 0 Å². The summed E-state index contributed by atoms with van der Waals surface area (Å²) < 4.78 is 0. The molecular weight excluding hydrogens is 216 g/mol. The van der Waals surface area contributed by atoms with E-state index >= 15 is 0 Å². The van der Waals surface area contributed by atoms with Gasteiger partial charge in [-0.2, -0.15) is 0 Å². The van der Waals surface area contributed by atoms with Crippen LogP contribution >= 0.6 is 0 Å². The zero-order valence-electron chi connectivity index (χ0n) is 13.4. The third-order valence-corrected chi connectivity index (χ3v) is 5.63. The zero-order chi connectivity index (χ0) is 13.4. The largest absolute Gasteiger partial charge is 0.0654 e. The van der Waals surface area contributed by atoms with Crippen molar-refractivity contribution < 1.29 is 0 Å². The van der Waals surface area contributed by atoms with Gasteiger partial charge in [-0.3, -0.25) is 0 Å². The second-order valence-electron chi connectivity index (χ2n) is 7.04. The number of rotatable bonds is 7. The maximum Gasteiger partial charge on any atom is -0.0274 e. The minimum Gasteiger partial charge on any atom is -0.0654 e. The molecule has 0 aliphatic heterocycles. The molecule has 0 aromatic rings. The molecule has 0 radical (unpaired) electrons. The van der Waals surface area contributed by atoms with Crippen molar-refractivity contribution in [3.63, 3.8) is 0 Å². The molecule has 0 aromatic carbocycles. The average molecular weight is 252 g/mol. The molecule has 108 valence electrons. The van der Waals surface area contributed by atoms with Gasteiger partial charge in [0.25, 0.3) is 0 Å². The molecule has 0 saturated heterocycles. The van der Waals surface area contributed by atoms with Crippen molar-refractivity contribution in [1.82, 2.24) is 0 Å². The van der Waals surface area contributed by atoms with Crippen LogP contribution in [0.5, 0.6) is 0 Å². The zero-order valence-corrected chi connectivity index (χ0v) is 13.4. The van der Waals surface area contributed by atoms with Crippen LogP contribution < -0.4 is 0 Å². The molecule has 1 unspecified atom stereocenters. The first-order valence-electron chi connectivity index (χ1n) is 8.64. The van der Waals surface area contributed by atoms with Gasteiger partial charge in [-0.1, -0.05) is 85.5 Å². The van der Waals surface area contributed by atoms with Crippen LogP contribution in [-0.4, -0.2) is 0 Å². The van der Waals surface area contributed by atoms with Crippen LogP contribution in [0.4, 0.5) is 0 Å². The van der Waals surface area contributed by atoms with Crippen molar-refractivity contribution >= 4 is 0 Å². The average Bonchev–Trinajstić information content (AvgIpc) is 2.62. The highest BCUT2D eigenvalue weighted by atomic mass is 14.4. The van der Waals surface area contributed by atoms with Crippen molar-refractivity contribution in [1.29, 1.82) is 0 Å². The van der Waals surface area contributed by atoms with E-state index in [1.54, 1.807) is 0 Å². The van der Waals surface area contributed by atoms with E-state index in [1.165, 1.54) is 70.6 Å². The molecule has 0 amide bonds. The molecule has 1 atom stereocenters. The molecule has 1 fully saturated rings. The first-order valence-corrected chi connectivity index (χ1v) is 8.64. The minimum atomic E-state index is 0.644. The fraction of sp³-hybridized carbons (Fsp3) is 1.00. The Bertz CT molecular complexity index is 198. The van der Waals surface area contributed by atoms with Gasteiger partial charge in [0, 0.05) is 0 Å². The van der Waals surface area contributed by atoms with E-state index in [1.807, 2.05) is 0 Å². The lowest BCUT2D eigenvalue weighted by molar-refractivity contribution is 0.107. The van der Waals surface area contributed by atoms with E-state index in [0.29, 0.717) is 5.41 Å². The van der Waals surface area contributed by atoms with Crippen LogP contribution in [0.25, 0.3) is 0 Å². The Balaban J connectivity index is 2.62. The van der Waals surface area contributed by atoms with Crippen LogP contribution in [0, 0.1) is 17.3 Å². The van der Waals surface area contributed by atoms with Gasteiger partial charge in [0.1, 0.15) is 0 Å². The molecule has 1 aliphatic rings. The standard InChI is InChI=1S/C18H36/c1-5-7-14-18(6-2,16(3)4)15-17-12-10-8-9-11-13-17/h16-17H,5-15H2,1-4H3. The van der Waals surface area contributed by atoms with Gasteiger partial charge in [0.15, 0.2) is 0 Å². The van der Waals surface area contributed by atoms with Crippen LogP contribution in [-0.2, 0) is 0 Å². The Morgan fingerprint density at radius 2 is 1.61 bits per heavy atom. The molecule has 0 heterocycles. The van der Waals surface area contributed by atoms with Crippen molar-refractivity contribution in [2.45, 2.75) is 98.3 Å². The summed E-state index contributed by atoms with van der Waals surface area (Å²) in [6.45, 7) is 9.71. The summed E-state index contributed by atoms with van der Waals surface area (Å²) in [5.41, 5.74) is 0.644. The molecule has 0 nitrogen and oxygen atoms in total. The van der Waals surface area contributed by atoms with Gasteiger partial charge in [-0.15, -0.1) is 0 Å². The maximum absolute atomic E-state index is 2.47. The van der Waals surface area contributed by atoms with E-state index in [-0.39, 0.29) is 0 Å². The first-order chi connectivity index (χ1) is 8.64. The fourth-order valence-corrected chi connectivity index (χ4v) is 4.03. The van der Waals surface area contributed by atoms with E-state index in [0.717, 1.165) is 11.8 Å². The van der Waals surface area contributed by atoms with Crippen LogP contribution in [0.2, 0.25) is 0 Å². The molecule has 18 heavy (non-hydrogen) atoms. The third-order valence-electron chi connectivity index (χ3n) is 5.63. The van der Waals surface area contributed by atoms with E-state index in [4.69, 9.17) is 0 Å². The quantitative estimate of drug-likeness (QED) is 0.448. The highest BCUT2D eigenvalue weighted by Gasteiger charge is 2.33. The number of hydrogen-bond donors (Lipinski definition) is 0. The topological polar surface area (TPSA) is 0 Å². The summed E-state index contributed by atoms with van der Waals surface area (Å²) in [4.78, 5) is 0. The molecule has 0 N–H and O–H groups in total. The molecular formula is C18H36. The monoisotopic (exact) mass is 252 g/mol.